The molecule has 3 N–H and O–H groups in total. The van der Waals surface area contributed by atoms with E-state index in [2.05, 4.69) is 68.8 Å². The standard InChI is InChI=1S/C39H45N7O6/c1-39(2,3)52-38(49)46-17-7-9-33(46)35-41-28-15-14-26(20-29(28)42-35)24-10-11-25-19-27(13-12-23(25)18-24)30-21-40-34(43-30)32-8-6-16-45(32)36(47)31(22-50-4)44-37(48)51-5/h10-15,18-21,31-33H,6-9,16-17,22H2,1-5H3,(H,40,43)(H,41,42)(H,44,48). The van der Waals surface area contributed by atoms with E-state index in [1.807, 2.05) is 26.8 Å². The van der Waals surface area contributed by atoms with Gasteiger partial charge in [-0.3, -0.25) is 9.69 Å². The molecule has 3 amide bonds. The number of nitrogens with zero attached hydrogens (tertiary/aromatic N) is 4. The number of carbonyl (C=O) groups is 3. The Morgan fingerprint density at radius 1 is 0.865 bits per heavy atom. The van der Waals surface area contributed by atoms with Crippen molar-refractivity contribution in [2.45, 2.75) is 70.2 Å². The number of ether oxygens (including phenoxy) is 3. The highest BCUT2D eigenvalue weighted by Gasteiger charge is 2.37. The Kier molecular flexibility index (Phi) is 9.62. The predicted molar refractivity (Wildman–Crippen MR) is 196 cm³/mol. The molecule has 2 aliphatic rings. The topological polar surface area (TPSA) is 155 Å². The van der Waals surface area contributed by atoms with Crippen LogP contribution in [-0.2, 0) is 19.0 Å². The molecular weight excluding hydrogens is 662 g/mol. The summed E-state index contributed by atoms with van der Waals surface area (Å²) in [6.45, 7) is 6.88. The van der Waals surface area contributed by atoms with Gasteiger partial charge in [-0.15, -0.1) is 0 Å². The Labute approximate surface area is 302 Å². The van der Waals surface area contributed by atoms with Crippen LogP contribution in [0.1, 0.15) is 70.2 Å². The van der Waals surface area contributed by atoms with Crippen LogP contribution in [0, 0.1) is 0 Å². The summed E-state index contributed by atoms with van der Waals surface area (Å²) < 4.78 is 15.6. The average Bonchev–Trinajstić information content (AvgIpc) is 3.95. The lowest BCUT2D eigenvalue weighted by atomic mass is 9.99. The summed E-state index contributed by atoms with van der Waals surface area (Å²) in [7, 11) is 2.75. The number of aromatic nitrogens is 4. The zero-order valence-electron chi connectivity index (χ0n) is 30.2. The second-order valence-electron chi connectivity index (χ2n) is 14.5. The predicted octanol–water partition coefficient (Wildman–Crippen LogP) is 6.88. The summed E-state index contributed by atoms with van der Waals surface area (Å²) in [4.78, 5) is 58.2. The number of likely N-dealkylation sites (tertiary alicyclic amines) is 2. The van der Waals surface area contributed by atoms with E-state index >= 15 is 0 Å². The monoisotopic (exact) mass is 707 g/mol. The SMILES string of the molecule is COCC(NC(=O)OC)C(=O)N1CCCC1c1ncc(-c2ccc3cc(-c4ccc5nc(C6CCCN6C(=O)OC(C)(C)C)[nH]c5c4)ccc3c2)[nH]1. The summed E-state index contributed by atoms with van der Waals surface area (Å²) >= 11 is 0. The lowest BCUT2D eigenvalue weighted by molar-refractivity contribution is -0.135. The van der Waals surface area contributed by atoms with Gasteiger partial charge in [0.05, 0.1) is 48.7 Å². The van der Waals surface area contributed by atoms with Crippen molar-refractivity contribution < 1.29 is 28.6 Å². The Morgan fingerprint density at radius 3 is 2.23 bits per heavy atom. The van der Waals surface area contributed by atoms with E-state index in [1.165, 1.54) is 14.2 Å². The Hall–Kier alpha value is -5.43. The second kappa shape index (κ2) is 14.3. The summed E-state index contributed by atoms with van der Waals surface area (Å²) in [5.41, 5.74) is 5.21. The van der Waals surface area contributed by atoms with E-state index in [0.29, 0.717) is 18.9 Å². The fourth-order valence-corrected chi connectivity index (χ4v) is 7.26. The third-order valence-corrected chi connectivity index (χ3v) is 9.74. The molecule has 7 rings (SSSR count). The molecule has 52 heavy (non-hydrogen) atoms. The molecular formula is C39H45N7O6. The maximum Gasteiger partial charge on any atom is 0.410 e. The molecule has 13 nitrogen and oxygen atoms in total. The summed E-state index contributed by atoms with van der Waals surface area (Å²) in [5, 5.41) is 4.76. The molecule has 2 fully saturated rings. The maximum absolute atomic E-state index is 13.4. The fraction of sp³-hybridized carbons (Fsp3) is 0.410. The quantitative estimate of drug-likeness (QED) is 0.158. The van der Waals surface area contributed by atoms with Crippen molar-refractivity contribution in [3.05, 3.63) is 72.4 Å². The Morgan fingerprint density at radius 2 is 1.52 bits per heavy atom. The number of hydrogen-bond acceptors (Lipinski definition) is 8. The van der Waals surface area contributed by atoms with Gasteiger partial charge >= 0.3 is 12.2 Å². The summed E-state index contributed by atoms with van der Waals surface area (Å²) in [6, 6.07) is 17.7. The van der Waals surface area contributed by atoms with E-state index < -0.39 is 17.7 Å². The fourth-order valence-electron chi connectivity index (χ4n) is 7.26. The highest BCUT2D eigenvalue weighted by molar-refractivity contribution is 5.92. The highest BCUT2D eigenvalue weighted by atomic mass is 16.6. The van der Waals surface area contributed by atoms with Crippen molar-refractivity contribution in [3.8, 4) is 22.4 Å². The van der Waals surface area contributed by atoms with Gasteiger partial charge in [-0.25, -0.2) is 19.6 Å². The largest absolute Gasteiger partial charge is 0.453 e. The van der Waals surface area contributed by atoms with Gasteiger partial charge in [0.2, 0.25) is 5.91 Å². The molecule has 2 saturated heterocycles. The molecule has 0 saturated carbocycles. The van der Waals surface area contributed by atoms with Crippen LogP contribution in [0.4, 0.5) is 9.59 Å². The molecule has 13 heteroatoms. The first-order valence-electron chi connectivity index (χ1n) is 17.7. The van der Waals surface area contributed by atoms with Gasteiger partial charge in [-0.2, -0.15) is 0 Å². The molecule has 5 aromatic rings. The van der Waals surface area contributed by atoms with Crippen LogP contribution in [0.15, 0.2) is 60.8 Å². The van der Waals surface area contributed by atoms with Crippen LogP contribution < -0.4 is 5.32 Å². The smallest absolute Gasteiger partial charge is 0.410 e. The van der Waals surface area contributed by atoms with Crippen molar-refractivity contribution in [3.63, 3.8) is 0 Å². The molecule has 0 radical (unpaired) electrons. The molecule has 3 atom stereocenters. The van der Waals surface area contributed by atoms with Crippen LogP contribution in [0.3, 0.4) is 0 Å². The van der Waals surface area contributed by atoms with Crippen LogP contribution in [0.25, 0.3) is 44.2 Å². The highest BCUT2D eigenvalue weighted by Crippen LogP contribution is 2.36. The molecule has 0 spiro atoms. The number of carbonyl (C=O) groups excluding carboxylic acids is 3. The van der Waals surface area contributed by atoms with Crippen molar-refractivity contribution >= 4 is 39.9 Å². The minimum absolute atomic E-state index is 0.0364. The lowest BCUT2D eigenvalue weighted by Crippen LogP contribution is -2.50. The third kappa shape index (κ3) is 7.18. The maximum atomic E-state index is 13.4. The van der Waals surface area contributed by atoms with E-state index in [1.54, 1.807) is 16.0 Å². The number of fused-ring (bicyclic) bond motifs is 2. The van der Waals surface area contributed by atoms with Gasteiger partial charge < -0.3 is 34.4 Å². The molecule has 3 unspecified atom stereocenters. The summed E-state index contributed by atoms with van der Waals surface area (Å²) in [5.74, 6) is 1.25. The number of aromatic amines is 2. The molecule has 2 aliphatic heterocycles. The van der Waals surface area contributed by atoms with Gasteiger partial charge in [-0.1, -0.05) is 30.3 Å². The first kappa shape index (κ1) is 35.0. The number of rotatable bonds is 8. The Bertz CT molecular complexity index is 2120. The molecule has 272 valence electrons. The zero-order valence-corrected chi connectivity index (χ0v) is 30.2. The van der Waals surface area contributed by atoms with Crippen LogP contribution in [0.5, 0.6) is 0 Å². The first-order chi connectivity index (χ1) is 25.0. The number of H-pyrrole nitrogens is 2. The van der Waals surface area contributed by atoms with Crippen LogP contribution in [0.2, 0.25) is 0 Å². The van der Waals surface area contributed by atoms with E-state index in [9.17, 15) is 14.4 Å². The number of alkyl carbamates (subject to hydrolysis) is 1. The minimum Gasteiger partial charge on any atom is -0.453 e. The van der Waals surface area contributed by atoms with Crippen LogP contribution in [-0.4, -0.2) is 93.4 Å². The van der Waals surface area contributed by atoms with Gasteiger partial charge in [0.1, 0.15) is 23.3 Å². The second-order valence-corrected chi connectivity index (χ2v) is 14.5. The van der Waals surface area contributed by atoms with Gasteiger partial charge in [-0.05, 0) is 92.6 Å². The molecule has 3 aromatic carbocycles. The van der Waals surface area contributed by atoms with Crippen molar-refractivity contribution in [1.29, 1.82) is 0 Å². The number of imidazole rings is 2. The lowest BCUT2D eigenvalue weighted by Gasteiger charge is -2.27. The number of nitrogens with one attached hydrogen (secondary N) is 3. The molecule has 0 bridgehead atoms. The first-order valence-corrected chi connectivity index (χ1v) is 17.7. The minimum atomic E-state index is -0.856. The van der Waals surface area contributed by atoms with Crippen molar-refractivity contribution in [2.75, 3.05) is 33.9 Å². The summed E-state index contributed by atoms with van der Waals surface area (Å²) in [6.07, 6.45) is 4.13. The van der Waals surface area contributed by atoms with E-state index in [-0.39, 0.29) is 30.7 Å². The van der Waals surface area contributed by atoms with Gasteiger partial charge in [0.25, 0.3) is 0 Å². The normalized spacial score (nSPS) is 18.2. The molecule has 2 aromatic heterocycles. The molecule has 0 aliphatic carbocycles. The third-order valence-electron chi connectivity index (χ3n) is 9.74. The van der Waals surface area contributed by atoms with Crippen molar-refractivity contribution in [1.82, 2.24) is 35.1 Å². The average molecular weight is 708 g/mol. The number of amides is 3. The van der Waals surface area contributed by atoms with Crippen LogP contribution >= 0.6 is 0 Å². The number of hydrogen-bond donors (Lipinski definition) is 3. The number of methoxy groups -OCH3 is 2. The van der Waals surface area contributed by atoms with Gasteiger partial charge in [0.15, 0.2) is 0 Å². The molecule has 4 heterocycles. The van der Waals surface area contributed by atoms with E-state index in [0.717, 1.165) is 75.7 Å². The van der Waals surface area contributed by atoms with Crippen molar-refractivity contribution in [2.24, 2.45) is 0 Å². The number of benzene rings is 3. The Balaban J connectivity index is 1.07. The van der Waals surface area contributed by atoms with E-state index in [4.69, 9.17) is 19.2 Å². The van der Waals surface area contributed by atoms with Gasteiger partial charge in [0, 0.05) is 25.8 Å². The zero-order chi connectivity index (χ0) is 36.6.